The Morgan fingerprint density at radius 3 is 2.25 bits per heavy atom. The minimum absolute atomic E-state index is 0.0381. The van der Waals surface area contributed by atoms with Crippen LogP contribution >= 0.6 is 0 Å². The summed E-state index contributed by atoms with van der Waals surface area (Å²) in [6.45, 7) is 3.61. The van der Waals surface area contributed by atoms with Gasteiger partial charge in [-0.25, -0.2) is 13.4 Å². The number of sulfonamides is 1. The number of hydrogen-bond donors (Lipinski definition) is 2. The summed E-state index contributed by atoms with van der Waals surface area (Å²) in [5.74, 6) is 0.699. The van der Waals surface area contributed by atoms with E-state index in [0.717, 1.165) is 5.69 Å². The summed E-state index contributed by atoms with van der Waals surface area (Å²) < 4.78 is 25.3. The Kier molecular flexibility index (Phi) is 4.24. The average molecular weight is 291 g/mol. The zero-order chi connectivity index (χ0) is 14.6. The third-order valence-electron chi connectivity index (χ3n) is 2.74. The molecule has 0 amide bonds. The summed E-state index contributed by atoms with van der Waals surface area (Å²) in [6.07, 6.45) is 1.49. The molecule has 0 saturated carbocycles. The lowest BCUT2D eigenvalue weighted by molar-refractivity contribution is 0.602. The van der Waals surface area contributed by atoms with Gasteiger partial charge >= 0.3 is 0 Å². The van der Waals surface area contributed by atoms with Gasteiger partial charge in [-0.15, -0.1) is 0 Å². The molecule has 2 N–H and O–H groups in total. The van der Waals surface area contributed by atoms with Gasteiger partial charge in [-0.3, -0.25) is 4.72 Å². The van der Waals surface area contributed by atoms with Crippen molar-refractivity contribution in [1.82, 2.24) is 4.98 Å². The summed E-state index contributed by atoms with van der Waals surface area (Å²) >= 11 is 0. The fraction of sp³-hybridized carbons (Fsp3) is 0.214. The van der Waals surface area contributed by atoms with Gasteiger partial charge in [-0.05, 0) is 38.1 Å². The van der Waals surface area contributed by atoms with Gasteiger partial charge in [0, 0.05) is 5.69 Å². The van der Waals surface area contributed by atoms with E-state index in [-0.39, 0.29) is 5.75 Å². The van der Waals surface area contributed by atoms with Crippen molar-refractivity contribution in [2.45, 2.75) is 13.8 Å². The Bertz CT molecular complexity index is 665. The summed E-state index contributed by atoms with van der Waals surface area (Å²) in [5, 5.41) is 3.15. The van der Waals surface area contributed by atoms with Crippen LogP contribution in [0.3, 0.4) is 0 Å². The molecule has 0 aliphatic rings. The molecule has 0 unspecified atom stereocenters. The quantitative estimate of drug-likeness (QED) is 0.888. The molecule has 6 heteroatoms. The van der Waals surface area contributed by atoms with Crippen molar-refractivity contribution < 1.29 is 8.42 Å². The number of pyridine rings is 1. The predicted octanol–water partition coefficient (Wildman–Crippen LogP) is 2.90. The monoisotopic (exact) mass is 291 g/mol. The highest BCUT2D eigenvalue weighted by Gasteiger charge is 2.06. The van der Waals surface area contributed by atoms with Crippen LogP contribution in [0, 0.1) is 6.92 Å². The van der Waals surface area contributed by atoms with Crippen LogP contribution < -0.4 is 10.0 Å². The molecule has 1 aromatic heterocycles. The van der Waals surface area contributed by atoms with Crippen molar-refractivity contribution in [1.29, 1.82) is 0 Å². The van der Waals surface area contributed by atoms with Gasteiger partial charge in [-0.1, -0.05) is 17.7 Å². The van der Waals surface area contributed by atoms with Crippen LogP contribution in [-0.4, -0.2) is 19.2 Å². The molecule has 0 spiro atoms. The van der Waals surface area contributed by atoms with Gasteiger partial charge in [0.05, 0.1) is 17.6 Å². The van der Waals surface area contributed by atoms with Crippen molar-refractivity contribution in [3.05, 3.63) is 48.2 Å². The third-order valence-corrected chi connectivity index (χ3v) is 4.05. The number of nitrogens with zero attached hydrogens (tertiary/aromatic N) is 1. The SMILES string of the molecule is CCS(=O)(=O)Nc1ccc(Nc2ccc(C)cc2)nc1. The van der Waals surface area contributed by atoms with Crippen LogP contribution in [0.5, 0.6) is 0 Å². The number of aryl methyl sites for hydroxylation is 1. The maximum absolute atomic E-state index is 11.4. The largest absolute Gasteiger partial charge is 0.340 e. The molecule has 0 atom stereocenters. The highest BCUT2D eigenvalue weighted by molar-refractivity contribution is 7.92. The smallest absolute Gasteiger partial charge is 0.232 e. The van der Waals surface area contributed by atoms with Crippen molar-refractivity contribution in [2.75, 3.05) is 15.8 Å². The number of aromatic nitrogens is 1. The van der Waals surface area contributed by atoms with Crippen LogP contribution in [0.25, 0.3) is 0 Å². The molecule has 1 aromatic carbocycles. The fourth-order valence-electron chi connectivity index (χ4n) is 1.56. The van der Waals surface area contributed by atoms with E-state index >= 15 is 0 Å². The molecule has 0 fully saturated rings. The minimum atomic E-state index is -3.26. The first-order valence-corrected chi connectivity index (χ1v) is 7.94. The lowest BCUT2D eigenvalue weighted by Gasteiger charge is -2.08. The summed E-state index contributed by atoms with van der Waals surface area (Å²) in [4.78, 5) is 4.18. The first-order valence-electron chi connectivity index (χ1n) is 6.29. The summed E-state index contributed by atoms with van der Waals surface area (Å²) in [5.41, 5.74) is 2.58. The molecule has 2 rings (SSSR count). The Hall–Kier alpha value is -2.08. The molecular formula is C14H17N3O2S. The second kappa shape index (κ2) is 5.92. The van der Waals surface area contributed by atoms with E-state index in [1.807, 2.05) is 31.2 Å². The topological polar surface area (TPSA) is 71.1 Å². The molecular weight excluding hydrogens is 274 g/mol. The van der Waals surface area contributed by atoms with Crippen molar-refractivity contribution >= 4 is 27.2 Å². The summed E-state index contributed by atoms with van der Waals surface area (Å²) in [7, 11) is -3.26. The van der Waals surface area contributed by atoms with Gasteiger partial charge in [0.15, 0.2) is 0 Å². The molecule has 0 saturated heterocycles. The Labute approximate surface area is 119 Å². The van der Waals surface area contributed by atoms with E-state index in [0.29, 0.717) is 11.5 Å². The van der Waals surface area contributed by atoms with Crippen LogP contribution in [0.15, 0.2) is 42.6 Å². The zero-order valence-corrected chi connectivity index (χ0v) is 12.2. The van der Waals surface area contributed by atoms with E-state index in [4.69, 9.17) is 0 Å². The molecule has 2 aromatic rings. The maximum atomic E-state index is 11.4. The van der Waals surface area contributed by atoms with Crippen molar-refractivity contribution in [3.63, 3.8) is 0 Å². The second-order valence-electron chi connectivity index (χ2n) is 4.43. The molecule has 0 radical (unpaired) electrons. The van der Waals surface area contributed by atoms with Crippen LogP contribution in [0.1, 0.15) is 12.5 Å². The maximum Gasteiger partial charge on any atom is 0.232 e. The van der Waals surface area contributed by atoms with E-state index in [1.54, 1.807) is 19.1 Å². The zero-order valence-electron chi connectivity index (χ0n) is 11.4. The highest BCUT2D eigenvalue weighted by Crippen LogP contribution is 2.17. The number of benzene rings is 1. The van der Waals surface area contributed by atoms with E-state index in [9.17, 15) is 8.42 Å². The van der Waals surface area contributed by atoms with Crippen LogP contribution in [0.4, 0.5) is 17.2 Å². The molecule has 1 heterocycles. The van der Waals surface area contributed by atoms with E-state index in [1.165, 1.54) is 11.8 Å². The average Bonchev–Trinajstić information content (AvgIpc) is 2.43. The molecule has 0 aliphatic carbocycles. The second-order valence-corrected chi connectivity index (χ2v) is 6.44. The molecule has 0 bridgehead atoms. The van der Waals surface area contributed by atoms with Gasteiger partial charge in [-0.2, -0.15) is 0 Å². The third kappa shape index (κ3) is 3.96. The van der Waals surface area contributed by atoms with Gasteiger partial charge in [0.25, 0.3) is 0 Å². The normalized spacial score (nSPS) is 11.1. The predicted molar refractivity (Wildman–Crippen MR) is 81.8 cm³/mol. The lowest BCUT2D eigenvalue weighted by Crippen LogP contribution is -2.14. The molecule has 0 aliphatic heterocycles. The number of anilines is 3. The van der Waals surface area contributed by atoms with Gasteiger partial charge in [0.1, 0.15) is 5.82 Å². The van der Waals surface area contributed by atoms with Gasteiger partial charge < -0.3 is 5.32 Å². The molecule has 20 heavy (non-hydrogen) atoms. The summed E-state index contributed by atoms with van der Waals surface area (Å²) in [6, 6.07) is 11.3. The van der Waals surface area contributed by atoms with E-state index in [2.05, 4.69) is 15.0 Å². The van der Waals surface area contributed by atoms with E-state index < -0.39 is 10.0 Å². The van der Waals surface area contributed by atoms with Gasteiger partial charge in [0.2, 0.25) is 10.0 Å². The highest BCUT2D eigenvalue weighted by atomic mass is 32.2. The first-order chi connectivity index (χ1) is 9.48. The molecule has 5 nitrogen and oxygen atoms in total. The fourth-order valence-corrected chi connectivity index (χ4v) is 2.19. The number of nitrogens with one attached hydrogen (secondary N) is 2. The van der Waals surface area contributed by atoms with Crippen LogP contribution in [0.2, 0.25) is 0 Å². The van der Waals surface area contributed by atoms with Crippen molar-refractivity contribution in [3.8, 4) is 0 Å². The Morgan fingerprint density at radius 1 is 1.05 bits per heavy atom. The Balaban J connectivity index is 2.07. The Morgan fingerprint density at radius 2 is 1.70 bits per heavy atom. The van der Waals surface area contributed by atoms with Crippen molar-refractivity contribution in [2.24, 2.45) is 0 Å². The standard InChI is InChI=1S/C14H17N3O2S/c1-3-20(18,19)17-13-8-9-14(15-10-13)16-12-6-4-11(2)5-7-12/h4-10,17H,3H2,1-2H3,(H,15,16). The number of hydrogen-bond acceptors (Lipinski definition) is 4. The minimum Gasteiger partial charge on any atom is -0.340 e. The lowest BCUT2D eigenvalue weighted by atomic mass is 10.2. The molecule has 106 valence electrons. The first kappa shape index (κ1) is 14.3. The van der Waals surface area contributed by atoms with Crippen LogP contribution in [-0.2, 0) is 10.0 Å². The number of rotatable bonds is 5.